The molecule has 0 bridgehead atoms. The highest BCUT2D eigenvalue weighted by atomic mass is 16.5. The topological polar surface area (TPSA) is 51.7 Å². The zero-order valence-electron chi connectivity index (χ0n) is 8.87. The molecule has 0 unspecified atom stereocenters. The van der Waals surface area contributed by atoms with Gasteiger partial charge in [0.15, 0.2) is 11.9 Å². The number of hydrogen-bond donors (Lipinski definition) is 0. The minimum absolute atomic E-state index is 0.540. The second kappa shape index (κ2) is 4.53. The van der Waals surface area contributed by atoms with Crippen LogP contribution < -0.4 is 4.73 Å². The summed E-state index contributed by atoms with van der Waals surface area (Å²) in [6.45, 7) is 2.01. The van der Waals surface area contributed by atoms with E-state index in [1.54, 1.807) is 12.1 Å². The van der Waals surface area contributed by atoms with Gasteiger partial charge in [-0.25, -0.2) is 0 Å². The highest BCUT2D eigenvalue weighted by Gasteiger charge is 1.94. The molecule has 1 aromatic heterocycles. The highest BCUT2D eigenvalue weighted by molar-refractivity contribution is 5.39. The zero-order valence-corrected chi connectivity index (χ0v) is 8.87. The Morgan fingerprint density at radius 1 is 1.00 bits per heavy atom. The summed E-state index contributed by atoms with van der Waals surface area (Å²) in [5.41, 5.74) is 2.49. The van der Waals surface area contributed by atoms with Gasteiger partial charge < -0.3 is 5.21 Å². The lowest BCUT2D eigenvalue weighted by atomic mass is 10.2. The molecule has 0 aliphatic rings. The molecule has 0 saturated carbocycles. The summed E-state index contributed by atoms with van der Waals surface area (Å²) < 4.78 is 0.698. The lowest BCUT2D eigenvalue weighted by molar-refractivity contribution is -0.604. The van der Waals surface area contributed by atoms with E-state index in [0.717, 1.165) is 5.69 Å². The largest absolute Gasteiger partial charge is 0.619 e. The van der Waals surface area contributed by atoms with Crippen molar-refractivity contribution in [2.75, 3.05) is 0 Å². The summed E-state index contributed by atoms with van der Waals surface area (Å²) in [4.78, 5) is 0. The van der Waals surface area contributed by atoms with Gasteiger partial charge in [-0.2, -0.15) is 9.84 Å². The van der Waals surface area contributed by atoms with Gasteiger partial charge in [-0.05, 0) is 25.1 Å². The minimum Gasteiger partial charge on any atom is -0.619 e. The van der Waals surface area contributed by atoms with E-state index in [2.05, 4.69) is 10.2 Å². The van der Waals surface area contributed by atoms with Crippen LogP contribution in [0.3, 0.4) is 0 Å². The molecule has 4 nitrogen and oxygen atoms in total. The van der Waals surface area contributed by atoms with Crippen molar-refractivity contribution < 1.29 is 4.73 Å². The molecule has 0 aliphatic heterocycles. The average molecular weight is 213 g/mol. The lowest BCUT2D eigenvalue weighted by Gasteiger charge is -1.95. The first kappa shape index (κ1) is 10.3. The molecule has 1 aromatic carbocycles. The molecule has 0 aliphatic carbocycles. The number of hydrogen-bond acceptors (Lipinski definition) is 3. The second-order valence-electron chi connectivity index (χ2n) is 3.46. The molecule has 0 fully saturated rings. The van der Waals surface area contributed by atoms with Crippen LogP contribution in [0.2, 0.25) is 0 Å². The van der Waals surface area contributed by atoms with Crippen LogP contribution in [0.5, 0.6) is 0 Å². The van der Waals surface area contributed by atoms with Crippen LogP contribution >= 0.6 is 0 Å². The first-order valence-corrected chi connectivity index (χ1v) is 4.91. The fourth-order valence-electron chi connectivity index (χ4n) is 1.23. The molecule has 4 heteroatoms. The third-order valence-corrected chi connectivity index (χ3v) is 2.07. The van der Waals surface area contributed by atoms with Crippen molar-refractivity contribution in [3.8, 4) is 0 Å². The summed E-state index contributed by atoms with van der Waals surface area (Å²) in [6.07, 6.45) is 2.78. The van der Waals surface area contributed by atoms with Crippen molar-refractivity contribution in [2.45, 2.75) is 6.92 Å². The fraction of sp³-hybridized carbons (Fsp3) is 0.0833. The van der Waals surface area contributed by atoms with E-state index in [0.29, 0.717) is 10.4 Å². The Morgan fingerprint density at radius 3 is 2.38 bits per heavy atom. The third kappa shape index (κ3) is 2.63. The molecule has 0 saturated heterocycles. The molecule has 16 heavy (non-hydrogen) atoms. The first-order valence-electron chi connectivity index (χ1n) is 4.91. The van der Waals surface area contributed by atoms with E-state index in [1.165, 1.54) is 18.0 Å². The van der Waals surface area contributed by atoms with Crippen molar-refractivity contribution in [3.05, 3.63) is 59.6 Å². The quantitative estimate of drug-likeness (QED) is 0.429. The molecule has 0 spiro atoms. The number of benzene rings is 1. The normalized spacial score (nSPS) is 10.8. The van der Waals surface area contributed by atoms with Crippen LogP contribution in [0, 0.1) is 12.1 Å². The van der Waals surface area contributed by atoms with E-state index in [4.69, 9.17) is 0 Å². The fourth-order valence-corrected chi connectivity index (χ4v) is 1.23. The summed E-state index contributed by atoms with van der Waals surface area (Å²) in [6, 6.07) is 11.1. The Morgan fingerprint density at radius 2 is 1.69 bits per heavy atom. The molecule has 0 atom stereocenters. The lowest BCUT2D eigenvalue weighted by Crippen LogP contribution is -2.23. The van der Waals surface area contributed by atoms with Crippen LogP contribution in [0.1, 0.15) is 5.56 Å². The van der Waals surface area contributed by atoms with Gasteiger partial charge >= 0.3 is 0 Å². The van der Waals surface area contributed by atoms with Crippen molar-refractivity contribution >= 4 is 11.4 Å². The molecule has 0 radical (unpaired) electrons. The van der Waals surface area contributed by atoms with E-state index in [-0.39, 0.29) is 0 Å². The van der Waals surface area contributed by atoms with Gasteiger partial charge in [-0.15, -0.1) is 5.11 Å². The number of rotatable bonds is 2. The summed E-state index contributed by atoms with van der Waals surface area (Å²) in [5.74, 6) is 0. The van der Waals surface area contributed by atoms with Crippen molar-refractivity contribution in [2.24, 2.45) is 10.2 Å². The Balaban J connectivity index is 2.18. The van der Waals surface area contributed by atoms with E-state index in [1.807, 2.05) is 31.2 Å². The Bertz CT molecular complexity index is 506. The number of nitrogens with zero attached hydrogens (tertiary/aromatic N) is 3. The van der Waals surface area contributed by atoms with Gasteiger partial charge in [0.1, 0.15) is 0 Å². The predicted molar refractivity (Wildman–Crippen MR) is 60.8 cm³/mol. The van der Waals surface area contributed by atoms with Crippen molar-refractivity contribution in [1.29, 1.82) is 0 Å². The van der Waals surface area contributed by atoms with Crippen LogP contribution in [0.4, 0.5) is 11.4 Å². The van der Waals surface area contributed by atoms with Gasteiger partial charge in [0, 0.05) is 6.07 Å². The Kier molecular flexibility index (Phi) is 2.91. The average Bonchev–Trinajstić information content (AvgIpc) is 2.28. The van der Waals surface area contributed by atoms with Crippen molar-refractivity contribution in [3.63, 3.8) is 0 Å². The van der Waals surface area contributed by atoms with Crippen molar-refractivity contribution in [1.82, 2.24) is 0 Å². The molecule has 2 rings (SSSR count). The van der Waals surface area contributed by atoms with Gasteiger partial charge in [0.25, 0.3) is 0 Å². The molecule has 80 valence electrons. The zero-order chi connectivity index (χ0) is 11.4. The van der Waals surface area contributed by atoms with Gasteiger partial charge in [-0.1, -0.05) is 17.7 Å². The number of pyridine rings is 1. The van der Waals surface area contributed by atoms with Gasteiger partial charge in [0.05, 0.1) is 5.69 Å². The maximum Gasteiger partial charge on any atom is 0.207 e. The maximum absolute atomic E-state index is 11.0. The number of azo groups is 1. The molecule has 1 heterocycles. The second-order valence-corrected chi connectivity index (χ2v) is 3.46. The predicted octanol–water partition coefficient (Wildman–Crippen LogP) is 3.04. The molecule has 0 amide bonds. The Hall–Kier alpha value is -2.23. The van der Waals surface area contributed by atoms with Crippen LogP contribution in [0.25, 0.3) is 0 Å². The van der Waals surface area contributed by atoms with Crippen LogP contribution in [-0.2, 0) is 0 Å². The molecular weight excluding hydrogens is 202 g/mol. The van der Waals surface area contributed by atoms with E-state index >= 15 is 0 Å². The molecule has 2 aromatic rings. The monoisotopic (exact) mass is 213 g/mol. The number of aryl methyl sites for hydroxylation is 1. The summed E-state index contributed by atoms with van der Waals surface area (Å²) in [7, 11) is 0. The Labute approximate surface area is 93.5 Å². The minimum atomic E-state index is 0.540. The van der Waals surface area contributed by atoms with Gasteiger partial charge in [-0.3, -0.25) is 0 Å². The standard InChI is InChI=1S/C12H11N3O/c1-10-4-6-11(7-5-10)13-14-12-3-2-8-15(16)9-12/h2-9H,1H3. The SMILES string of the molecule is Cc1ccc(N=Nc2ccc[n+]([O-])c2)cc1. The van der Waals surface area contributed by atoms with E-state index in [9.17, 15) is 5.21 Å². The molecule has 0 N–H and O–H groups in total. The van der Waals surface area contributed by atoms with Gasteiger partial charge in [0.2, 0.25) is 6.20 Å². The molecular formula is C12H11N3O. The highest BCUT2D eigenvalue weighted by Crippen LogP contribution is 2.16. The maximum atomic E-state index is 11.0. The van der Waals surface area contributed by atoms with Crippen LogP contribution in [-0.4, -0.2) is 0 Å². The van der Waals surface area contributed by atoms with E-state index < -0.39 is 0 Å². The summed E-state index contributed by atoms with van der Waals surface area (Å²) >= 11 is 0. The summed E-state index contributed by atoms with van der Waals surface area (Å²) in [5, 5.41) is 19.0. The smallest absolute Gasteiger partial charge is 0.207 e. The number of aromatic nitrogens is 1. The first-order chi connectivity index (χ1) is 7.74. The van der Waals surface area contributed by atoms with Crippen LogP contribution in [0.15, 0.2) is 59.0 Å². The third-order valence-electron chi connectivity index (χ3n) is 2.07.